The molecule has 2 heterocycles. The van der Waals surface area contributed by atoms with Crippen LogP contribution in [0.15, 0.2) is 33.9 Å². The maximum Gasteiger partial charge on any atom is 0.306 e. The van der Waals surface area contributed by atoms with Gasteiger partial charge in [-0.1, -0.05) is 13.0 Å². The molecule has 2 aliphatic rings. The average Bonchev–Trinajstić information content (AvgIpc) is 3.10. The molecule has 11 nitrogen and oxygen atoms in total. The molecule has 14 heteroatoms. The molecule has 160 valence electrons. The van der Waals surface area contributed by atoms with Crippen LogP contribution in [-0.4, -0.2) is 62.2 Å². The summed E-state index contributed by atoms with van der Waals surface area (Å²) in [6, 6.07) is 4.22. The van der Waals surface area contributed by atoms with Crippen LogP contribution in [0.2, 0.25) is 0 Å². The quantitative estimate of drug-likeness (QED) is 0.489. The number of aliphatic imine (C=N–C) groups is 1. The fraction of sp³-hybridized carbons (Fsp3) is 0.250. The zero-order valence-corrected chi connectivity index (χ0v) is 18.4. The highest BCUT2D eigenvalue weighted by Gasteiger charge is 2.39. The van der Waals surface area contributed by atoms with Crippen molar-refractivity contribution in [3.05, 3.63) is 29.3 Å². The number of rotatable bonds is 5. The molecule has 0 saturated heterocycles. The highest BCUT2D eigenvalue weighted by Crippen LogP contribution is 2.32. The molecule has 0 aliphatic carbocycles. The maximum absolute atomic E-state index is 12.4. The molecular weight excluding hydrogens is 456 g/mol. The summed E-state index contributed by atoms with van der Waals surface area (Å²) in [6.45, 7) is 1.46. The van der Waals surface area contributed by atoms with Crippen molar-refractivity contribution in [2.45, 2.75) is 6.92 Å². The van der Waals surface area contributed by atoms with Gasteiger partial charge in [0, 0.05) is 0 Å². The molecule has 0 saturated carbocycles. The summed E-state index contributed by atoms with van der Waals surface area (Å²) in [4.78, 5) is 16.2. The largest absolute Gasteiger partial charge is 0.493 e. The van der Waals surface area contributed by atoms with Gasteiger partial charge in [-0.05, 0) is 35.5 Å². The summed E-state index contributed by atoms with van der Waals surface area (Å²) in [5.41, 5.74) is 0.272. The summed E-state index contributed by atoms with van der Waals surface area (Å²) in [7, 11) is -6.07. The number of fused-ring (bicyclic) bond motifs is 1. The minimum Gasteiger partial charge on any atom is -0.493 e. The molecule has 1 amide bonds. The van der Waals surface area contributed by atoms with Gasteiger partial charge < -0.3 is 8.92 Å². The van der Waals surface area contributed by atoms with E-state index in [0.29, 0.717) is 17.3 Å². The Bertz CT molecular complexity index is 1250. The summed E-state index contributed by atoms with van der Waals surface area (Å²) < 4.78 is 56.5. The van der Waals surface area contributed by atoms with Gasteiger partial charge >= 0.3 is 10.1 Å². The molecule has 0 radical (unpaired) electrons. The number of hydrogen-bond acceptors (Lipinski definition) is 10. The van der Waals surface area contributed by atoms with Crippen LogP contribution in [0.25, 0.3) is 6.08 Å². The first-order chi connectivity index (χ1) is 13.9. The van der Waals surface area contributed by atoms with Gasteiger partial charge in [0.2, 0.25) is 19.4 Å². The molecule has 2 aliphatic heterocycles. The van der Waals surface area contributed by atoms with Crippen LogP contribution in [0.1, 0.15) is 12.5 Å². The third-order valence-corrected chi connectivity index (χ3v) is 7.39. The third-order valence-electron chi connectivity index (χ3n) is 3.82. The van der Waals surface area contributed by atoms with Crippen molar-refractivity contribution in [1.82, 2.24) is 5.01 Å². The molecule has 0 spiro atoms. The molecule has 0 bridgehead atoms. The topological polar surface area (TPSA) is 156 Å². The lowest BCUT2D eigenvalue weighted by Crippen LogP contribution is -2.35. The van der Waals surface area contributed by atoms with Crippen LogP contribution in [0.4, 0.5) is 0 Å². The van der Waals surface area contributed by atoms with Crippen LogP contribution in [0, 0.1) is 5.41 Å². The Balaban J connectivity index is 1.97. The van der Waals surface area contributed by atoms with E-state index in [1.807, 2.05) is 0 Å². The fourth-order valence-electron chi connectivity index (χ4n) is 2.40. The van der Waals surface area contributed by atoms with Gasteiger partial charge in [-0.15, -0.1) is 5.10 Å². The monoisotopic (exact) mass is 472 g/mol. The van der Waals surface area contributed by atoms with Crippen molar-refractivity contribution in [3.8, 4) is 11.5 Å². The highest BCUT2D eigenvalue weighted by atomic mass is 32.3. The number of sulfone groups is 1. The number of thioether (sulfide) groups is 1. The van der Waals surface area contributed by atoms with Gasteiger partial charge in [0.15, 0.2) is 17.3 Å². The molecule has 1 N–H and O–H groups in total. The maximum atomic E-state index is 12.4. The van der Waals surface area contributed by atoms with Crippen LogP contribution in [0.3, 0.4) is 0 Å². The standard InChI is InChI=1S/C16H16N4O7S3/c1-4-30(24,25)16-19-20-13(17)10(14(21)18-15(20)28-16)7-9-5-6-11(12(8-9)26-2)27-29(3,22)23/h5-8,17H,4H2,1-3H3/b10-7-,17-13?. The van der Waals surface area contributed by atoms with Gasteiger partial charge in [-0.3, -0.25) is 10.2 Å². The third kappa shape index (κ3) is 4.39. The van der Waals surface area contributed by atoms with Gasteiger partial charge in [0.05, 0.1) is 24.7 Å². The van der Waals surface area contributed by atoms with Crippen LogP contribution < -0.4 is 8.92 Å². The van der Waals surface area contributed by atoms with Crippen LogP contribution >= 0.6 is 11.8 Å². The molecule has 0 unspecified atom stereocenters. The van der Waals surface area contributed by atoms with Gasteiger partial charge in [0.1, 0.15) is 0 Å². The first-order valence-corrected chi connectivity index (χ1v) is 12.5. The van der Waals surface area contributed by atoms with E-state index in [-0.39, 0.29) is 38.2 Å². The van der Waals surface area contributed by atoms with Crippen molar-refractivity contribution in [3.63, 3.8) is 0 Å². The Morgan fingerprint density at radius 2 is 1.93 bits per heavy atom. The Hall–Kier alpha value is -2.71. The number of methoxy groups -OCH3 is 1. The van der Waals surface area contributed by atoms with Crippen LogP contribution in [0.5, 0.6) is 11.5 Å². The first-order valence-electron chi connectivity index (χ1n) is 8.25. The van der Waals surface area contributed by atoms with E-state index in [4.69, 9.17) is 14.3 Å². The van der Waals surface area contributed by atoms with Crippen molar-refractivity contribution >= 4 is 59.1 Å². The van der Waals surface area contributed by atoms with E-state index in [1.165, 1.54) is 38.3 Å². The molecule has 0 aromatic heterocycles. The van der Waals surface area contributed by atoms with Crippen molar-refractivity contribution < 1.29 is 30.6 Å². The normalized spacial score (nSPS) is 18.2. The van der Waals surface area contributed by atoms with Crippen LogP contribution in [-0.2, 0) is 24.7 Å². The Labute approximate surface area is 177 Å². The number of hydrogen-bond donors (Lipinski definition) is 1. The number of carbonyl (C=O) groups excluding carboxylic acids is 1. The second-order valence-corrected chi connectivity index (χ2v) is 11.0. The van der Waals surface area contributed by atoms with E-state index < -0.39 is 25.9 Å². The molecule has 3 rings (SSSR count). The van der Waals surface area contributed by atoms with E-state index in [1.54, 1.807) is 0 Å². The summed E-state index contributed by atoms with van der Waals surface area (Å²) in [5.74, 6) is -1.19. The zero-order chi connectivity index (χ0) is 22.3. The van der Waals surface area contributed by atoms with E-state index in [0.717, 1.165) is 11.3 Å². The summed E-state index contributed by atoms with van der Waals surface area (Å²) >= 11 is 0.711. The molecule has 0 atom stereocenters. The Morgan fingerprint density at radius 1 is 1.23 bits per heavy atom. The molecule has 1 aromatic rings. The second-order valence-electron chi connectivity index (χ2n) is 5.99. The molecule has 0 fully saturated rings. The predicted molar refractivity (Wildman–Crippen MR) is 113 cm³/mol. The molecule has 30 heavy (non-hydrogen) atoms. The van der Waals surface area contributed by atoms with Gasteiger partial charge in [0.25, 0.3) is 5.91 Å². The number of amidine groups is 2. The number of carbonyl (C=O) groups is 1. The van der Waals surface area contributed by atoms with E-state index in [2.05, 4.69) is 10.1 Å². The number of ether oxygens (including phenoxy) is 1. The SMILES string of the molecule is CCS(=O)(=O)C1=NN2C(=N)/C(=C/c3ccc(OS(C)(=O)=O)c(OC)c3)C(=O)N=C2S1. The number of hydrazone groups is 1. The van der Waals surface area contributed by atoms with Crippen molar-refractivity contribution in [2.24, 2.45) is 10.1 Å². The van der Waals surface area contributed by atoms with Gasteiger partial charge in [-0.25, -0.2) is 8.42 Å². The lowest BCUT2D eigenvalue weighted by Gasteiger charge is -2.20. The Morgan fingerprint density at radius 3 is 2.53 bits per heavy atom. The zero-order valence-electron chi connectivity index (χ0n) is 15.9. The Kier molecular flexibility index (Phi) is 5.75. The average molecular weight is 473 g/mol. The summed E-state index contributed by atoms with van der Waals surface area (Å²) in [6.07, 6.45) is 2.23. The first kappa shape index (κ1) is 22.0. The predicted octanol–water partition coefficient (Wildman–Crippen LogP) is 1.04. The van der Waals surface area contributed by atoms with E-state index in [9.17, 15) is 21.6 Å². The number of nitrogens with one attached hydrogen (secondary N) is 1. The second kappa shape index (κ2) is 7.85. The summed E-state index contributed by atoms with van der Waals surface area (Å²) in [5, 5.41) is 13.2. The minimum atomic E-state index is -3.77. The minimum absolute atomic E-state index is 0.0105. The fourth-order valence-corrected chi connectivity index (χ4v) is 5.02. The van der Waals surface area contributed by atoms with Gasteiger partial charge in [-0.2, -0.15) is 18.4 Å². The lowest BCUT2D eigenvalue weighted by molar-refractivity contribution is -0.114. The number of benzene rings is 1. The lowest BCUT2D eigenvalue weighted by atomic mass is 10.1. The van der Waals surface area contributed by atoms with E-state index >= 15 is 0 Å². The highest BCUT2D eigenvalue weighted by molar-refractivity contribution is 8.42. The molecule has 1 aromatic carbocycles. The number of nitrogens with zero attached hydrogens (tertiary/aromatic N) is 3. The van der Waals surface area contributed by atoms with Crippen molar-refractivity contribution in [1.29, 1.82) is 5.41 Å². The van der Waals surface area contributed by atoms with Crippen molar-refractivity contribution in [2.75, 3.05) is 19.1 Å². The number of amides is 1. The smallest absolute Gasteiger partial charge is 0.306 e. The molecular formula is C16H16N4O7S3.